The van der Waals surface area contributed by atoms with Crippen LogP contribution >= 0.6 is 0 Å². The van der Waals surface area contributed by atoms with Crippen LogP contribution in [0.2, 0.25) is 0 Å². The third kappa shape index (κ3) is 6.57. The van der Waals surface area contributed by atoms with Gasteiger partial charge < -0.3 is 16.4 Å². The van der Waals surface area contributed by atoms with Crippen molar-refractivity contribution >= 4 is 11.8 Å². The summed E-state index contributed by atoms with van der Waals surface area (Å²) in [6, 6.07) is 0. The third-order valence-corrected chi connectivity index (χ3v) is 3.49. The minimum Gasteiger partial charge on any atom is -0.356 e. The summed E-state index contributed by atoms with van der Waals surface area (Å²) in [5.74, 6) is 0.386. The van der Waals surface area contributed by atoms with Gasteiger partial charge in [0.2, 0.25) is 11.8 Å². The molecule has 0 aromatic rings. The first-order valence-corrected chi connectivity index (χ1v) is 7.23. The van der Waals surface area contributed by atoms with Crippen molar-refractivity contribution < 1.29 is 9.59 Å². The molecule has 4 N–H and O–H groups in total. The highest BCUT2D eigenvalue weighted by Crippen LogP contribution is 2.29. The normalized spacial score (nSPS) is 17.5. The van der Waals surface area contributed by atoms with Gasteiger partial charge in [0.05, 0.1) is 0 Å². The number of nitrogens with two attached hydrogens (primary N) is 1. The van der Waals surface area contributed by atoms with Gasteiger partial charge in [0.15, 0.2) is 0 Å². The molecule has 1 fully saturated rings. The average Bonchev–Trinajstić information content (AvgIpc) is 2.73. The second-order valence-corrected chi connectivity index (χ2v) is 6.04. The highest BCUT2D eigenvalue weighted by molar-refractivity contribution is 5.79. The van der Waals surface area contributed by atoms with Gasteiger partial charge in [-0.05, 0) is 18.8 Å². The Morgan fingerprint density at radius 3 is 2.37 bits per heavy atom. The van der Waals surface area contributed by atoms with Crippen molar-refractivity contribution in [1.82, 2.24) is 10.6 Å². The van der Waals surface area contributed by atoms with Gasteiger partial charge >= 0.3 is 0 Å². The molecule has 1 aliphatic rings. The van der Waals surface area contributed by atoms with E-state index in [0.29, 0.717) is 31.8 Å². The van der Waals surface area contributed by atoms with Crippen LogP contribution in [-0.4, -0.2) is 30.4 Å². The van der Waals surface area contributed by atoms with Crippen LogP contribution in [0.5, 0.6) is 0 Å². The van der Waals surface area contributed by atoms with Gasteiger partial charge in [0, 0.05) is 31.5 Å². The smallest absolute Gasteiger partial charge is 0.221 e. The molecule has 0 aliphatic heterocycles. The zero-order valence-electron chi connectivity index (χ0n) is 12.1. The molecule has 1 rings (SSSR count). The fourth-order valence-corrected chi connectivity index (χ4v) is 2.36. The molecule has 0 saturated heterocycles. The fourth-order valence-electron chi connectivity index (χ4n) is 2.36. The predicted octanol–water partition coefficient (Wildman–Crippen LogP) is 0.927. The zero-order valence-corrected chi connectivity index (χ0v) is 12.1. The van der Waals surface area contributed by atoms with Gasteiger partial charge in [-0.1, -0.05) is 26.7 Å². The minimum atomic E-state index is -0.315. The number of rotatable bonds is 7. The maximum atomic E-state index is 11.7. The van der Waals surface area contributed by atoms with E-state index in [0.717, 1.165) is 25.7 Å². The Bertz CT molecular complexity index is 310. The Morgan fingerprint density at radius 1 is 1.16 bits per heavy atom. The van der Waals surface area contributed by atoms with Crippen LogP contribution in [0.4, 0.5) is 0 Å². The minimum absolute atomic E-state index is 0.0164. The molecule has 0 unspecified atom stereocenters. The summed E-state index contributed by atoms with van der Waals surface area (Å²) in [5.41, 5.74) is 5.82. The first-order chi connectivity index (χ1) is 8.91. The van der Waals surface area contributed by atoms with Crippen LogP contribution in [0.3, 0.4) is 0 Å². The van der Waals surface area contributed by atoms with E-state index in [2.05, 4.69) is 10.6 Å². The summed E-state index contributed by atoms with van der Waals surface area (Å²) < 4.78 is 0. The van der Waals surface area contributed by atoms with E-state index in [1.54, 1.807) is 0 Å². The molecule has 19 heavy (non-hydrogen) atoms. The zero-order chi connectivity index (χ0) is 14.3. The molecule has 110 valence electrons. The highest BCUT2D eigenvalue weighted by Gasteiger charge is 2.31. The summed E-state index contributed by atoms with van der Waals surface area (Å²) in [6.07, 6.45) is 4.78. The van der Waals surface area contributed by atoms with Gasteiger partial charge in [-0.3, -0.25) is 9.59 Å². The summed E-state index contributed by atoms with van der Waals surface area (Å²) in [7, 11) is 0. The molecule has 0 atom stereocenters. The second-order valence-electron chi connectivity index (χ2n) is 6.04. The number of amides is 2. The van der Waals surface area contributed by atoms with E-state index >= 15 is 0 Å². The lowest BCUT2D eigenvalue weighted by atomic mass is 9.94. The van der Waals surface area contributed by atoms with Crippen molar-refractivity contribution in [2.45, 2.75) is 57.9 Å². The number of nitrogens with one attached hydrogen (secondary N) is 2. The largest absolute Gasteiger partial charge is 0.356 e. The summed E-state index contributed by atoms with van der Waals surface area (Å²) >= 11 is 0. The first-order valence-electron chi connectivity index (χ1n) is 7.23. The molecular formula is C14H27N3O2. The monoisotopic (exact) mass is 269 g/mol. The Kier molecular flexibility index (Phi) is 6.28. The van der Waals surface area contributed by atoms with Crippen molar-refractivity contribution in [3.63, 3.8) is 0 Å². The lowest BCUT2D eigenvalue weighted by molar-refractivity contribution is -0.123. The maximum Gasteiger partial charge on any atom is 0.221 e. The van der Waals surface area contributed by atoms with E-state index < -0.39 is 0 Å². The van der Waals surface area contributed by atoms with E-state index in [1.165, 1.54) is 0 Å². The van der Waals surface area contributed by atoms with E-state index in [-0.39, 0.29) is 17.4 Å². The molecule has 5 heteroatoms. The lowest BCUT2D eigenvalue weighted by Crippen LogP contribution is -2.42. The molecule has 0 aromatic carbocycles. The highest BCUT2D eigenvalue weighted by atomic mass is 16.2. The van der Waals surface area contributed by atoms with Crippen molar-refractivity contribution in [2.75, 3.05) is 13.1 Å². The molecule has 5 nitrogen and oxygen atoms in total. The third-order valence-electron chi connectivity index (χ3n) is 3.49. The Labute approximate surface area is 115 Å². The lowest BCUT2D eigenvalue weighted by Gasteiger charge is -2.22. The summed E-state index contributed by atoms with van der Waals surface area (Å²) in [5, 5.41) is 5.60. The maximum absolute atomic E-state index is 11.7. The second kappa shape index (κ2) is 7.48. The van der Waals surface area contributed by atoms with Crippen molar-refractivity contribution in [2.24, 2.45) is 11.7 Å². The Balaban J connectivity index is 2.11. The summed E-state index contributed by atoms with van der Waals surface area (Å²) in [6.45, 7) is 5.16. The molecule has 0 bridgehead atoms. The first kappa shape index (κ1) is 16.0. The molecule has 2 amide bonds. The van der Waals surface area contributed by atoms with Crippen molar-refractivity contribution in [1.29, 1.82) is 0 Å². The fraction of sp³-hybridized carbons (Fsp3) is 0.857. The van der Waals surface area contributed by atoms with Gasteiger partial charge in [-0.15, -0.1) is 0 Å². The van der Waals surface area contributed by atoms with Gasteiger partial charge in [0.25, 0.3) is 0 Å². The van der Waals surface area contributed by atoms with E-state index in [4.69, 9.17) is 5.73 Å². The number of carbonyl (C=O) groups is 2. The van der Waals surface area contributed by atoms with E-state index in [1.807, 2.05) is 13.8 Å². The van der Waals surface area contributed by atoms with Crippen LogP contribution in [0.1, 0.15) is 52.4 Å². The number of carbonyl (C=O) groups excluding carboxylic acids is 2. The van der Waals surface area contributed by atoms with Gasteiger partial charge in [-0.25, -0.2) is 0 Å². The van der Waals surface area contributed by atoms with Crippen LogP contribution < -0.4 is 16.4 Å². The molecule has 0 spiro atoms. The topological polar surface area (TPSA) is 84.2 Å². The van der Waals surface area contributed by atoms with Gasteiger partial charge in [0.1, 0.15) is 0 Å². The molecule has 1 saturated carbocycles. The van der Waals surface area contributed by atoms with Crippen LogP contribution in [0, 0.1) is 5.92 Å². The standard InChI is InChI=1S/C14H27N3O2/c1-11(2)10-17-12(18)5-8-16-13(19)9-14(15)6-3-4-7-14/h11H,3-10,15H2,1-2H3,(H,16,19)(H,17,18). The Morgan fingerprint density at radius 2 is 1.79 bits per heavy atom. The van der Waals surface area contributed by atoms with E-state index in [9.17, 15) is 9.59 Å². The van der Waals surface area contributed by atoms with Crippen LogP contribution in [0.25, 0.3) is 0 Å². The molecular weight excluding hydrogens is 242 g/mol. The van der Waals surface area contributed by atoms with Crippen molar-refractivity contribution in [3.05, 3.63) is 0 Å². The number of hydrogen-bond donors (Lipinski definition) is 3. The van der Waals surface area contributed by atoms with Crippen molar-refractivity contribution in [3.8, 4) is 0 Å². The van der Waals surface area contributed by atoms with Crippen LogP contribution in [0.15, 0.2) is 0 Å². The molecule has 0 aromatic heterocycles. The average molecular weight is 269 g/mol. The number of hydrogen-bond acceptors (Lipinski definition) is 3. The molecule has 0 heterocycles. The predicted molar refractivity (Wildman–Crippen MR) is 75.5 cm³/mol. The Hall–Kier alpha value is -1.10. The molecule has 0 radical (unpaired) electrons. The SMILES string of the molecule is CC(C)CNC(=O)CCNC(=O)CC1(N)CCCC1. The van der Waals surface area contributed by atoms with Gasteiger partial charge in [-0.2, -0.15) is 0 Å². The quantitative estimate of drug-likeness (QED) is 0.643. The summed E-state index contributed by atoms with van der Waals surface area (Å²) in [4.78, 5) is 23.2. The van der Waals surface area contributed by atoms with Crippen LogP contribution in [-0.2, 0) is 9.59 Å². The molecule has 1 aliphatic carbocycles.